The lowest BCUT2D eigenvalue weighted by Gasteiger charge is -2.31. The van der Waals surface area contributed by atoms with Gasteiger partial charge >= 0.3 is 12.1 Å². The van der Waals surface area contributed by atoms with Gasteiger partial charge in [0.25, 0.3) is 0 Å². The van der Waals surface area contributed by atoms with E-state index in [-0.39, 0.29) is 30.0 Å². The third-order valence-corrected chi connectivity index (χ3v) is 4.43. The molecule has 3 N–H and O–H groups in total. The molecule has 1 saturated heterocycles. The molecule has 4 amide bonds. The van der Waals surface area contributed by atoms with Crippen molar-refractivity contribution < 1.29 is 19.1 Å². The number of nitrogens with one attached hydrogen (secondary N) is 3. The first-order valence-electron chi connectivity index (χ1n) is 9.16. The highest BCUT2D eigenvalue weighted by atomic mass is 16.5. The first-order valence-corrected chi connectivity index (χ1v) is 9.16. The number of carbonyl (C=O) groups is 3. The number of nitrogens with zero attached hydrogens (tertiary/aromatic N) is 1. The molecule has 1 aliphatic rings. The van der Waals surface area contributed by atoms with Crippen molar-refractivity contribution in [2.24, 2.45) is 5.92 Å². The van der Waals surface area contributed by atoms with Crippen LogP contribution in [0.4, 0.5) is 15.3 Å². The van der Waals surface area contributed by atoms with E-state index in [0.29, 0.717) is 38.2 Å². The van der Waals surface area contributed by atoms with E-state index < -0.39 is 0 Å². The van der Waals surface area contributed by atoms with Crippen molar-refractivity contribution in [1.82, 2.24) is 15.5 Å². The van der Waals surface area contributed by atoms with Crippen LogP contribution in [-0.2, 0) is 16.1 Å². The Morgan fingerprint density at radius 3 is 2.56 bits per heavy atom. The minimum absolute atomic E-state index is 0.0302. The normalized spacial score (nSPS) is 14.6. The number of piperidine rings is 1. The zero-order valence-electron chi connectivity index (χ0n) is 16.1. The molecule has 0 unspecified atom stereocenters. The van der Waals surface area contributed by atoms with Crippen LogP contribution in [0.1, 0.15) is 32.3 Å². The molecule has 8 heteroatoms. The molecule has 0 bridgehead atoms. The molecule has 0 aromatic heterocycles. The van der Waals surface area contributed by atoms with E-state index in [9.17, 15) is 14.4 Å². The fourth-order valence-electron chi connectivity index (χ4n) is 2.80. The van der Waals surface area contributed by atoms with Crippen LogP contribution in [0.2, 0.25) is 0 Å². The Bertz CT molecular complexity index is 669. The van der Waals surface area contributed by atoms with Gasteiger partial charge in [0.2, 0.25) is 5.91 Å². The highest BCUT2D eigenvalue weighted by molar-refractivity contribution is 5.92. The number of hydrogen-bond acceptors (Lipinski definition) is 4. The highest BCUT2D eigenvalue weighted by Gasteiger charge is 2.24. The molecule has 1 aliphatic heterocycles. The van der Waals surface area contributed by atoms with E-state index in [1.54, 1.807) is 4.90 Å². The Labute approximate surface area is 159 Å². The third kappa shape index (κ3) is 6.47. The number of anilines is 1. The Morgan fingerprint density at radius 2 is 1.93 bits per heavy atom. The average Bonchev–Trinajstić information content (AvgIpc) is 2.66. The molecular weight excluding hydrogens is 348 g/mol. The van der Waals surface area contributed by atoms with Crippen LogP contribution in [0.5, 0.6) is 0 Å². The molecule has 1 aromatic carbocycles. The third-order valence-electron chi connectivity index (χ3n) is 4.43. The number of carbonyl (C=O) groups excluding carboxylic acids is 3. The van der Waals surface area contributed by atoms with Gasteiger partial charge in [-0.1, -0.05) is 26.0 Å². The molecule has 148 valence electrons. The Hall–Kier alpha value is -2.77. The molecule has 0 saturated carbocycles. The lowest BCUT2D eigenvalue weighted by molar-refractivity contribution is -0.118. The quantitative estimate of drug-likeness (QED) is 0.734. The van der Waals surface area contributed by atoms with Crippen LogP contribution in [0, 0.1) is 5.92 Å². The van der Waals surface area contributed by atoms with Gasteiger partial charge < -0.3 is 25.6 Å². The largest absolute Gasteiger partial charge is 0.453 e. The summed E-state index contributed by atoms with van der Waals surface area (Å²) in [5.74, 6) is -0.140. The molecule has 0 aliphatic carbocycles. The summed E-state index contributed by atoms with van der Waals surface area (Å²) in [6.07, 6.45) is 1.06. The summed E-state index contributed by atoms with van der Waals surface area (Å²) in [6, 6.07) is 7.17. The van der Waals surface area contributed by atoms with E-state index in [0.717, 1.165) is 5.56 Å². The van der Waals surface area contributed by atoms with Crippen LogP contribution >= 0.6 is 0 Å². The zero-order chi connectivity index (χ0) is 19.8. The van der Waals surface area contributed by atoms with Crippen molar-refractivity contribution in [3.63, 3.8) is 0 Å². The van der Waals surface area contributed by atoms with Crippen molar-refractivity contribution in [3.8, 4) is 0 Å². The maximum atomic E-state index is 12.1. The maximum Gasteiger partial charge on any atom is 0.409 e. The van der Waals surface area contributed by atoms with Crippen LogP contribution in [-0.4, -0.2) is 49.2 Å². The Morgan fingerprint density at radius 1 is 1.22 bits per heavy atom. The summed E-state index contributed by atoms with van der Waals surface area (Å²) in [5, 5.41) is 8.60. The van der Waals surface area contributed by atoms with E-state index in [4.69, 9.17) is 4.74 Å². The van der Waals surface area contributed by atoms with Gasteiger partial charge in [-0.05, 0) is 30.5 Å². The molecule has 1 heterocycles. The summed E-state index contributed by atoms with van der Waals surface area (Å²) in [7, 11) is 1.36. The number of likely N-dealkylation sites (tertiary alicyclic amines) is 1. The number of urea groups is 1. The van der Waals surface area contributed by atoms with Crippen LogP contribution in [0.15, 0.2) is 24.3 Å². The summed E-state index contributed by atoms with van der Waals surface area (Å²) in [5.41, 5.74) is 1.61. The van der Waals surface area contributed by atoms with Gasteiger partial charge in [-0.3, -0.25) is 4.79 Å². The Kier molecular flexibility index (Phi) is 7.45. The summed E-state index contributed by atoms with van der Waals surface area (Å²) >= 11 is 0. The van der Waals surface area contributed by atoms with E-state index in [2.05, 4.69) is 16.0 Å². The molecular formula is C19H28N4O4. The second-order valence-electron chi connectivity index (χ2n) is 6.90. The SMILES string of the molecule is COC(=O)N1CCC(NC(=O)NCc2cccc(NC(=O)C(C)C)c2)CC1. The highest BCUT2D eigenvalue weighted by Crippen LogP contribution is 2.13. The molecule has 0 spiro atoms. The van der Waals surface area contributed by atoms with Gasteiger partial charge in [0.05, 0.1) is 7.11 Å². The van der Waals surface area contributed by atoms with E-state index >= 15 is 0 Å². The number of benzene rings is 1. The topological polar surface area (TPSA) is 99.8 Å². The van der Waals surface area contributed by atoms with Gasteiger partial charge in [0.15, 0.2) is 0 Å². The molecule has 8 nitrogen and oxygen atoms in total. The molecule has 1 aromatic rings. The molecule has 1 fully saturated rings. The van der Waals surface area contributed by atoms with Crippen LogP contribution in [0.3, 0.4) is 0 Å². The van der Waals surface area contributed by atoms with Crippen LogP contribution in [0.25, 0.3) is 0 Å². The van der Waals surface area contributed by atoms with E-state index in [1.807, 2.05) is 38.1 Å². The van der Waals surface area contributed by atoms with Crippen molar-refractivity contribution in [1.29, 1.82) is 0 Å². The second-order valence-corrected chi connectivity index (χ2v) is 6.90. The number of amides is 4. The first-order chi connectivity index (χ1) is 12.9. The predicted octanol–water partition coefficient (Wildman–Crippen LogP) is 2.31. The Balaban J connectivity index is 1.76. The maximum absolute atomic E-state index is 12.1. The molecule has 0 atom stereocenters. The molecule has 27 heavy (non-hydrogen) atoms. The molecule has 0 radical (unpaired) electrons. The fourth-order valence-corrected chi connectivity index (χ4v) is 2.80. The van der Waals surface area contributed by atoms with Crippen molar-refractivity contribution in [2.75, 3.05) is 25.5 Å². The number of hydrogen-bond donors (Lipinski definition) is 3. The minimum atomic E-state index is -0.331. The molecule has 2 rings (SSSR count). The minimum Gasteiger partial charge on any atom is -0.453 e. The lowest BCUT2D eigenvalue weighted by atomic mass is 10.1. The summed E-state index contributed by atoms with van der Waals surface area (Å²) in [4.78, 5) is 37.0. The standard InChI is InChI=1S/C19H28N4O4/c1-13(2)17(24)21-16-6-4-5-14(11-16)12-20-18(25)22-15-7-9-23(10-8-15)19(26)27-3/h4-6,11,13,15H,7-10,12H2,1-3H3,(H,21,24)(H2,20,22,25). The number of rotatable bonds is 5. The van der Waals surface area contributed by atoms with E-state index in [1.165, 1.54) is 7.11 Å². The lowest BCUT2D eigenvalue weighted by Crippen LogP contribution is -2.49. The van der Waals surface area contributed by atoms with Gasteiger partial charge in [0.1, 0.15) is 0 Å². The monoisotopic (exact) mass is 376 g/mol. The summed E-state index contributed by atoms with van der Waals surface area (Å²) in [6.45, 7) is 5.16. The van der Waals surface area contributed by atoms with Crippen molar-refractivity contribution in [3.05, 3.63) is 29.8 Å². The fraction of sp³-hybridized carbons (Fsp3) is 0.526. The van der Waals surface area contributed by atoms with Gasteiger partial charge in [-0.25, -0.2) is 9.59 Å². The average molecular weight is 376 g/mol. The van der Waals surface area contributed by atoms with Crippen molar-refractivity contribution >= 4 is 23.7 Å². The first kappa shape index (κ1) is 20.5. The van der Waals surface area contributed by atoms with Gasteiger partial charge in [-0.2, -0.15) is 0 Å². The second kappa shape index (κ2) is 9.80. The van der Waals surface area contributed by atoms with Crippen LogP contribution < -0.4 is 16.0 Å². The summed E-state index contributed by atoms with van der Waals surface area (Å²) < 4.78 is 4.70. The zero-order valence-corrected chi connectivity index (χ0v) is 16.1. The smallest absolute Gasteiger partial charge is 0.409 e. The van der Waals surface area contributed by atoms with Gasteiger partial charge in [-0.15, -0.1) is 0 Å². The van der Waals surface area contributed by atoms with Crippen molar-refractivity contribution in [2.45, 2.75) is 39.3 Å². The number of ether oxygens (including phenoxy) is 1. The predicted molar refractivity (Wildman–Crippen MR) is 102 cm³/mol. The number of methoxy groups -OCH3 is 1. The van der Waals surface area contributed by atoms with Gasteiger partial charge in [0, 0.05) is 37.3 Å².